The van der Waals surface area contributed by atoms with Crippen molar-refractivity contribution in [3.8, 4) is 5.75 Å². The second-order valence-electron chi connectivity index (χ2n) is 5.53. The van der Waals surface area contributed by atoms with Gasteiger partial charge in [0.1, 0.15) is 5.75 Å². The van der Waals surface area contributed by atoms with Crippen molar-refractivity contribution in [3.05, 3.63) is 64.6 Å². The first-order valence-electron chi connectivity index (χ1n) is 8.23. The third-order valence-electron chi connectivity index (χ3n) is 3.83. The number of hydrogen-bond donors (Lipinski definition) is 0. The van der Waals surface area contributed by atoms with Gasteiger partial charge in [-0.15, -0.1) is 0 Å². The Morgan fingerprint density at radius 3 is 2.56 bits per heavy atom. The summed E-state index contributed by atoms with van der Waals surface area (Å²) in [5, 5.41) is 0. The smallest absolute Gasteiger partial charge is 0.339 e. The van der Waals surface area contributed by atoms with Crippen molar-refractivity contribution >= 4 is 51.9 Å². The summed E-state index contributed by atoms with van der Waals surface area (Å²) < 4.78 is 10.6. The summed E-state index contributed by atoms with van der Waals surface area (Å²) in [7, 11) is 1.30. The van der Waals surface area contributed by atoms with Gasteiger partial charge in [-0.25, -0.2) is 4.79 Å². The Bertz CT molecular complexity index is 922. The first-order chi connectivity index (χ1) is 13.0. The number of ether oxygens (including phenoxy) is 2. The van der Waals surface area contributed by atoms with E-state index < -0.39 is 5.97 Å². The summed E-state index contributed by atoms with van der Waals surface area (Å²) in [5.41, 5.74) is 1.57. The van der Waals surface area contributed by atoms with Gasteiger partial charge in [-0.05, 0) is 42.8 Å². The zero-order valence-electron chi connectivity index (χ0n) is 14.8. The Kier molecular flexibility index (Phi) is 5.93. The van der Waals surface area contributed by atoms with E-state index in [0.717, 1.165) is 11.3 Å². The normalized spacial score (nSPS) is 15.3. The zero-order valence-corrected chi connectivity index (χ0v) is 16.4. The molecule has 1 fully saturated rings. The van der Waals surface area contributed by atoms with Crippen LogP contribution < -0.4 is 9.64 Å². The number of amides is 1. The molecule has 0 aromatic heterocycles. The van der Waals surface area contributed by atoms with E-state index in [0.29, 0.717) is 27.1 Å². The Morgan fingerprint density at radius 1 is 1.19 bits per heavy atom. The van der Waals surface area contributed by atoms with E-state index in [2.05, 4.69) is 0 Å². The highest BCUT2D eigenvalue weighted by atomic mass is 32.2. The molecule has 0 N–H and O–H groups in total. The molecule has 1 heterocycles. The van der Waals surface area contributed by atoms with E-state index in [-0.39, 0.29) is 5.91 Å². The number of methoxy groups -OCH3 is 1. The molecule has 2 aromatic carbocycles. The van der Waals surface area contributed by atoms with Crippen LogP contribution in [0.5, 0.6) is 5.75 Å². The summed E-state index contributed by atoms with van der Waals surface area (Å²) in [5.74, 6) is -0.0143. The number of thioether (sulfide) groups is 1. The molecular weight excluding hydrogens is 382 g/mol. The quantitative estimate of drug-likeness (QED) is 0.425. The van der Waals surface area contributed by atoms with Crippen molar-refractivity contribution in [1.82, 2.24) is 0 Å². The number of thiocarbonyl (C=S) groups is 1. The van der Waals surface area contributed by atoms with Gasteiger partial charge >= 0.3 is 5.97 Å². The third kappa shape index (κ3) is 4.04. The molecule has 5 nitrogen and oxygen atoms in total. The minimum atomic E-state index is -0.518. The van der Waals surface area contributed by atoms with Crippen LogP contribution in [0.2, 0.25) is 0 Å². The van der Waals surface area contributed by atoms with Gasteiger partial charge in [-0.1, -0.05) is 48.2 Å². The number of nitrogens with zero attached hydrogens (tertiary/aromatic N) is 1. The number of hydrogen-bond acceptors (Lipinski definition) is 6. The van der Waals surface area contributed by atoms with Crippen molar-refractivity contribution in [2.24, 2.45) is 0 Å². The first kappa shape index (κ1) is 19.1. The Labute approximate surface area is 167 Å². The van der Waals surface area contributed by atoms with Crippen LogP contribution in [0.25, 0.3) is 6.08 Å². The topological polar surface area (TPSA) is 55.8 Å². The lowest BCUT2D eigenvalue weighted by Gasteiger charge is -2.17. The second kappa shape index (κ2) is 8.37. The fourth-order valence-electron chi connectivity index (χ4n) is 2.60. The highest BCUT2D eigenvalue weighted by Gasteiger charge is 2.35. The van der Waals surface area contributed by atoms with E-state index in [9.17, 15) is 9.59 Å². The van der Waals surface area contributed by atoms with Gasteiger partial charge in [0.2, 0.25) is 0 Å². The fourth-order valence-corrected chi connectivity index (χ4v) is 3.89. The van der Waals surface area contributed by atoms with Crippen molar-refractivity contribution in [2.45, 2.75) is 6.92 Å². The number of carbonyl (C=O) groups is 2. The van der Waals surface area contributed by atoms with Gasteiger partial charge in [-0.3, -0.25) is 9.69 Å². The minimum Gasteiger partial charge on any atom is -0.494 e. The summed E-state index contributed by atoms with van der Waals surface area (Å²) in [6, 6.07) is 14.2. The summed E-state index contributed by atoms with van der Waals surface area (Å²) in [4.78, 5) is 26.8. The molecule has 1 aliphatic rings. The largest absolute Gasteiger partial charge is 0.494 e. The average Bonchev–Trinajstić information content (AvgIpc) is 2.96. The molecule has 0 unspecified atom stereocenters. The molecule has 0 saturated carbocycles. The lowest BCUT2D eigenvalue weighted by molar-refractivity contribution is -0.113. The average molecular weight is 399 g/mol. The van der Waals surface area contributed by atoms with Crippen LogP contribution in [0.4, 0.5) is 5.69 Å². The molecule has 3 rings (SSSR count). The Balaban J connectivity index is 1.91. The van der Waals surface area contributed by atoms with Crippen LogP contribution in [0.1, 0.15) is 22.8 Å². The predicted molar refractivity (Wildman–Crippen MR) is 111 cm³/mol. The molecule has 0 aliphatic carbocycles. The number of benzene rings is 2. The number of rotatable bonds is 5. The highest BCUT2D eigenvalue weighted by Crippen LogP contribution is 2.37. The Hall–Kier alpha value is -2.64. The van der Waals surface area contributed by atoms with Crippen LogP contribution in [0.3, 0.4) is 0 Å². The van der Waals surface area contributed by atoms with Gasteiger partial charge in [0.25, 0.3) is 5.91 Å². The fraction of sp³-hybridized carbons (Fsp3) is 0.150. The minimum absolute atomic E-state index is 0.268. The molecule has 0 spiro atoms. The molecular formula is C20H17NO4S2. The van der Waals surface area contributed by atoms with Crippen molar-refractivity contribution in [3.63, 3.8) is 0 Å². The highest BCUT2D eigenvalue weighted by molar-refractivity contribution is 8.27. The molecule has 0 bridgehead atoms. The standard InChI is InChI=1S/C20H17NO4S2/c1-3-25-14-10-8-13(9-11-14)12-17-18(22)21(20(26)27-17)16-7-5-4-6-15(16)19(23)24-2/h4-12H,3H2,1-2H3/b17-12-. The maximum atomic E-state index is 12.9. The maximum absolute atomic E-state index is 12.9. The Morgan fingerprint density at radius 2 is 1.89 bits per heavy atom. The predicted octanol–water partition coefficient (Wildman–Crippen LogP) is 4.28. The van der Waals surface area contributed by atoms with Gasteiger partial charge in [0, 0.05) is 0 Å². The molecule has 27 heavy (non-hydrogen) atoms. The summed E-state index contributed by atoms with van der Waals surface area (Å²) in [6.07, 6.45) is 1.77. The third-order valence-corrected chi connectivity index (χ3v) is 5.13. The van der Waals surface area contributed by atoms with Gasteiger partial charge in [0.15, 0.2) is 4.32 Å². The van der Waals surface area contributed by atoms with E-state index in [1.165, 1.54) is 23.8 Å². The van der Waals surface area contributed by atoms with Crippen molar-refractivity contribution < 1.29 is 19.1 Å². The van der Waals surface area contributed by atoms with E-state index in [4.69, 9.17) is 21.7 Å². The molecule has 1 saturated heterocycles. The monoisotopic (exact) mass is 399 g/mol. The molecule has 7 heteroatoms. The van der Waals surface area contributed by atoms with Crippen molar-refractivity contribution in [1.29, 1.82) is 0 Å². The van der Waals surface area contributed by atoms with Gasteiger partial charge < -0.3 is 9.47 Å². The number of anilines is 1. The molecule has 1 aliphatic heterocycles. The number of carbonyl (C=O) groups excluding carboxylic acids is 2. The number of esters is 1. The SMILES string of the molecule is CCOc1ccc(/C=C2\SC(=S)N(c3ccccc3C(=O)OC)C2=O)cc1. The van der Waals surface area contributed by atoms with E-state index in [1.54, 1.807) is 30.3 Å². The molecule has 0 atom stereocenters. The van der Waals surface area contributed by atoms with E-state index in [1.807, 2.05) is 31.2 Å². The van der Waals surface area contributed by atoms with Gasteiger partial charge in [-0.2, -0.15) is 0 Å². The lowest BCUT2D eigenvalue weighted by atomic mass is 10.1. The number of para-hydroxylation sites is 1. The van der Waals surface area contributed by atoms with Gasteiger partial charge in [0.05, 0.1) is 29.9 Å². The first-order valence-corrected chi connectivity index (χ1v) is 9.45. The second-order valence-corrected chi connectivity index (χ2v) is 7.20. The summed E-state index contributed by atoms with van der Waals surface area (Å²) in [6.45, 7) is 2.52. The van der Waals surface area contributed by atoms with E-state index >= 15 is 0 Å². The lowest BCUT2D eigenvalue weighted by Crippen LogP contribution is -2.29. The van der Waals surface area contributed by atoms with Crippen LogP contribution in [0.15, 0.2) is 53.4 Å². The van der Waals surface area contributed by atoms with Crippen LogP contribution in [-0.4, -0.2) is 29.9 Å². The van der Waals surface area contributed by atoms with Crippen molar-refractivity contribution in [2.75, 3.05) is 18.6 Å². The zero-order chi connectivity index (χ0) is 19.4. The van der Waals surface area contributed by atoms with Crippen LogP contribution >= 0.6 is 24.0 Å². The molecule has 0 radical (unpaired) electrons. The van der Waals surface area contributed by atoms with Crippen LogP contribution in [-0.2, 0) is 9.53 Å². The summed E-state index contributed by atoms with van der Waals surface area (Å²) >= 11 is 6.59. The maximum Gasteiger partial charge on any atom is 0.339 e. The van der Waals surface area contributed by atoms with Crippen LogP contribution in [0, 0.1) is 0 Å². The molecule has 138 valence electrons. The molecule has 1 amide bonds. The molecule has 2 aromatic rings.